The number of rotatable bonds is 3. The Hall–Kier alpha value is -2.40. The summed E-state index contributed by atoms with van der Waals surface area (Å²) in [6, 6.07) is 10.2. The summed E-state index contributed by atoms with van der Waals surface area (Å²) in [5.74, 6) is 0.923. The van der Waals surface area contributed by atoms with E-state index in [1.165, 1.54) is 0 Å². The van der Waals surface area contributed by atoms with Crippen molar-refractivity contribution in [1.82, 2.24) is 19.6 Å². The number of hydrogen-bond donors (Lipinski definition) is 1. The molecule has 0 aliphatic rings. The van der Waals surface area contributed by atoms with Crippen LogP contribution in [-0.2, 0) is 13.6 Å². The Bertz CT molecular complexity index is 724. The van der Waals surface area contributed by atoms with Crippen LogP contribution in [0, 0.1) is 6.92 Å². The van der Waals surface area contributed by atoms with Gasteiger partial charge in [-0.1, -0.05) is 30.3 Å². The van der Waals surface area contributed by atoms with Crippen LogP contribution < -0.4 is 5.73 Å². The molecule has 5 nitrogen and oxygen atoms in total. The van der Waals surface area contributed by atoms with E-state index in [1.807, 2.05) is 53.9 Å². The van der Waals surface area contributed by atoms with Gasteiger partial charge >= 0.3 is 0 Å². The molecule has 2 aromatic heterocycles. The van der Waals surface area contributed by atoms with Crippen molar-refractivity contribution in [1.29, 1.82) is 0 Å². The third-order valence-electron chi connectivity index (χ3n) is 3.42. The zero-order valence-electron chi connectivity index (χ0n) is 11.6. The molecule has 20 heavy (non-hydrogen) atoms. The van der Waals surface area contributed by atoms with Crippen molar-refractivity contribution >= 4 is 0 Å². The smallest absolute Gasteiger partial charge is 0.156 e. The zero-order valence-corrected chi connectivity index (χ0v) is 11.6. The van der Waals surface area contributed by atoms with Gasteiger partial charge in [0, 0.05) is 30.9 Å². The fourth-order valence-corrected chi connectivity index (χ4v) is 2.43. The predicted molar refractivity (Wildman–Crippen MR) is 78.4 cm³/mol. The number of aryl methyl sites for hydroxylation is 2. The minimum atomic E-state index is 0.454. The molecule has 102 valence electrons. The van der Waals surface area contributed by atoms with E-state index in [0.29, 0.717) is 6.54 Å². The molecule has 0 amide bonds. The number of nitrogens with zero attached hydrogens (tertiary/aromatic N) is 4. The topological polar surface area (TPSA) is 61.7 Å². The third kappa shape index (κ3) is 2.02. The van der Waals surface area contributed by atoms with Gasteiger partial charge in [-0.05, 0) is 12.5 Å². The monoisotopic (exact) mass is 267 g/mol. The summed E-state index contributed by atoms with van der Waals surface area (Å²) in [6.07, 6.45) is 3.86. The van der Waals surface area contributed by atoms with Gasteiger partial charge in [0.2, 0.25) is 0 Å². The second-order valence-electron chi connectivity index (χ2n) is 4.75. The molecule has 5 heteroatoms. The fraction of sp³-hybridized carbons (Fsp3) is 0.200. The summed E-state index contributed by atoms with van der Waals surface area (Å²) in [7, 11) is 1.91. The van der Waals surface area contributed by atoms with Crippen LogP contribution in [-0.4, -0.2) is 19.6 Å². The lowest BCUT2D eigenvalue weighted by atomic mass is 10.1. The molecule has 0 spiro atoms. The van der Waals surface area contributed by atoms with E-state index >= 15 is 0 Å². The number of hydrogen-bond acceptors (Lipinski definition) is 3. The van der Waals surface area contributed by atoms with Crippen molar-refractivity contribution in [2.75, 3.05) is 0 Å². The average Bonchev–Trinajstić information content (AvgIpc) is 3.03. The van der Waals surface area contributed by atoms with Crippen LogP contribution in [0.15, 0.2) is 42.7 Å². The second-order valence-corrected chi connectivity index (χ2v) is 4.75. The van der Waals surface area contributed by atoms with Gasteiger partial charge in [0.1, 0.15) is 0 Å². The summed E-state index contributed by atoms with van der Waals surface area (Å²) in [4.78, 5) is 0. The molecule has 2 heterocycles. The molecule has 0 fully saturated rings. The Morgan fingerprint density at radius 3 is 2.60 bits per heavy atom. The highest BCUT2D eigenvalue weighted by Crippen LogP contribution is 2.22. The largest absolute Gasteiger partial charge is 0.326 e. The van der Waals surface area contributed by atoms with Crippen molar-refractivity contribution in [2.24, 2.45) is 12.8 Å². The number of aromatic nitrogens is 4. The van der Waals surface area contributed by atoms with Crippen LogP contribution in [0.4, 0.5) is 0 Å². The van der Waals surface area contributed by atoms with Crippen LogP contribution in [0.3, 0.4) is 0 Å². The van der Waals surface area contributed by atoms with E-state index < -0.39 is 0 Å². The highest BCUT2D eigenvalue weighted by Gasteiger charge is 2.14. The highest BCUT2D eigenvalue weighted by molar-refractivity contribution is 5.62. The molecule has 3 rings (SSSR count). The molecule has 3 aromatic rings. The van der Waals surface area contributed by atoms with E-state index in [-0.39, 0.29) is 0 Å². The number of benzene rings is 1. The van der Waals surface area contributed by atoms with Crippen LogP contribution in [0.1, 0.15) is 11.3 Å². The van der Waals surface area contributed by atoms with Gasteiger partial charge in [-0.25, -0.2) is 4.68 Å². The Balaban J connectivity index is 2.07. The van der Waals surface area contributed by atoms with E-state index in [1.54, 1.807) is 0 Å². The van der Waals surface area contributed by atoms with Gasteiger partial charge in [0.25, 0.3) is 0 Å². The van der Waals surface area contributed by atoms with Gasteiger partial charge < -0.3 is 5.73 Å². The SMILES string of the molecule is Cc1nn(C)c(-n2cc(-c3ccccc3)cn2)c1CN. The molecule has 0 atom stereocenters. The van der Waals surface area contributed by atoms with Gasteiger partial charge in [-0.2, -0.15) is 10.2 Å². The molecule has 2 N–H and O–H groups in total. The lowest BCUT2D eigenvalue weighted by Gasteiger charge is -2.04. The van der Waals surface area contributed by atoms with Crippen molar-refractivity contribution < 1.29 is 0 Å². The summed E-state index contributed by atoms with van der Waals surface area (Å²) in [5, 5.41) is 8.86. The van der Waals surface area contributed by atoms with Gasteiger partial charge in [0.15, 0.2) is 5.82 Å². The molecular weight excluding hydrogens is 250 g/mol. The Morgan fingerprint density at radius 1 is 1.15 bits per heavy atom. The fourth-order valence-electron chi connectivity index (χ4n) is 2.43. The Kier molecular flexibility index (Phi) is 3.12. The summed E-state index contributed by atoms with van der Waals surface area (Å²) in [5.41, 5.74) is 10.0. The van der Waals surface area contributed by atoms with Crippen molar-refractivity contribution in [2.45, 2.75) is 13.5 Å². The maximum Gasteiger partial charge on any atom is 0.156 e. The van der Waals surface area contributed by atoms with Crippen LogP contribution in [0.25, 0.3) is 16.9 Å². The third-order valence-corrected chi connectivity index (χ3v) is 3.42. The van der Waals surface area contributed by atoms with Gasteiger partial charge in [-0.15, -0.1) is 0 Å². The highest BCUT2D eigenvalue weighted by atomic mass is 15.4. The first kappa shape index (κ1) is 12.6. The van der Waals surface area contributed by atoms with E-state index in [9.17, 15) is 0 Å². The molecule has 0 bridgehead atoms. The first-order chi connectivity index (χ1) is 9.70. The molecular formula is C15H17N5. The van der Waals surface area contributed by atoms with E-state index in [0.717, 1.165) is 28.2 Å². The van der Waals surface area contributed by atoms with Gasteiger partial charge in [0.05, 0.1) is 11.9 Å². The normalized spacial score (nSPS) is 10.9. The molecule has 0 aliphatic carbocycles. The summed E-state index contributed by atoms with van der Waals surface area (Å²) >= 11 is 0. The molecule has 0 aliphatic heterocycles. The van der Waals surface area contributed by atoms with Crippen LogP contribution in [0.2, 0.25) is 0 Å². The first-order valence-corrected chi connectivity index (χ1v) is 6.53. The second kappa shape index (κ2) is 4.94. The van der Waals surface area contributed by atoms with Crippen molar-refractivity contribution in [3.8, 4) is 16.9 Å². The lowest BCUT2D eigenvalue weighted by Crippen LogP contribution is -2.08. The van der Waals surface area contributed by atoms with E-state index in [4.69, 9.17) is 5.73 Å². The Labute approximate surface area is 117 Å². The summed E-state index contributed by atoms with van der Waals surface area (Å²) < 4.78 is 3.66. The van der Waals surface area contributed by atoms with E-state index in [2.05, 4.69) is 22.3 Å². The molecule has 0 unspecified atom stereocenters. The van der Waals surface area contributed by atoms with Crippen molar-refractivity contribution in [3.05, 3.63) is 54.0 Å². The molecule has 0 radical (unpaired) electrons. The first-order valence-electron chi connectivity index (χ1n) is 6.53. The molecule has 0 saturated carbocycles. The minimum Gasteiger partial charge on any atom is -0.326 e. The molecule has 0 saturated heterocycles. The van der Waals surface area contributed by atoms with Crippen LogP contribution in [0.5, 0.6) is 0 Å². The van der Waals surface area contributed by atoms with Crippen molar-refractivity contribution in [3.63, 3.8) is 0 Å². The van der Waals surface area contributed by atoms with Crippen LogP contribution >= 0.6 is 0 Å². The Morgan fingerprint density at radius 2 is 1.90 bits per heavy atom. The summed E-state index contributed by atoms with van der Waals surface area (Å²) in [6.45, 7) is 2.42. The minimum absolute atomic E-state index is 0.454. The standard InChI is InChI=1S/C15H17N5/c1-11-14(8-16)15(19(2)18-11)20-10-13(9-17-20)12-6-4-3-5-7-12/h3-7,9-10H,8,16H2,1-2H3. The maximum atomic E-state index is 5.83. The molecule has 1 aromatic carbocycles. The average molecular weight is 267 g/mol. The zero-order chi connectivity index (χ0) is 14.1. The lowest BCUT2D eigenvalue weighted by molar-refractivity contribution is 0.691. The van der Waals surface area contributed by atoms with Gasteiger partial charge in [-0.3, -0.25) is 4.68 Å². The maximum absolute atomic E-state index is 5.83. The predicted octanol–water partition coefficient (Wildman–Crippen LogP) is 2.04. The number of nitrogens with two attached hydrogens (primary N) is 1. The quantitative estimate of drug-likeness (QED) is 0.790.